The number of thiophene rings is 1. The van der Waals surface area contributed by atoms with Gasteiger partial charge in [-0.1, -0.05) is 6.92 Å². The fourth-order valence-corrected chi connectivity index (χ4v) is 3.20. The van der Waals surface area contributed by atoms with Crippen LogP contribution in [-0.2, 0) is 14.8 Å². The van der Waals surface area contributed by atoms with Crippen LogP contribution in [0.25, 0.3) is 0 Å². The predicted octanol–water partition coefficient (Wildman–Crippen LogP) is 1.66. The van der Waals surface area contributed by atoms with Crippen molar-refractivity contribution < 1.29 is 17.9 Å². The van der Waals surface area contributed by atoms with Crippen LogP contribution in [0.3, 0.4) is 0 Å². The summed E-state index contributed by atoms with van der Waals surface area (Å²) in [6.07, 6.45) is 0.515. The lowest BCUT2D eigenvalue weighted by molar-refractivity contribution is 0.0340. The SMILES string of the molecule is CCC(C)OC(=O)c1cc(S(N)(=O)=O)c(C)s1. The summed E-state index contributed by atoms with van der Waals surface area (Å²) >= 11 is 1.07. The number of hydrogen-bond acceptors (Lipinski definition) is 5. The number of nitrogens with two attached hydrogens (primary N) is 1. The van der Waals surface area contributed by atoms with Crippen molar-refractivity contribution in [1.82, 2.24) is 0 Å². The first kappa shape index (κ1) is 14.1. The first-order chi connectivity index (χ1) is 7.75. The Morgan fingerprint density at radius 2 is 2.18 bits per heavy atom. The van der Waals surface area contributed by atoms with Crippen LogP contribution in [0.1, 0.15) is 34.8 Å². The van der Waals surface area contributed by atoms with Gasteiger partial charge in [-0.2, -0.15) is 0 Å². The van der Waals surface area contributed by atoms with Crippen LogP contribution in [0, 0.1) is 6.92 Å². The lowest BCUT2D eigenvalue weighted by Gasteiger charge is -2.08. The number of rotatable bonds is 4. The Kier molecular flexibility index (Phi) is 4.29. The van der Waals surface area contributed by atoms with E-state index in [1.54, 1.807) is 13.8 Å². The molecule has 0 amide bonds. The molecule has 1 aromatic rings. The Morgan fingerprint density at radius 1 is 1.59 bits per heavy atom. The second kappa shape index (κ2) is 5.16. The van der Waals surface area contributed by atoms with Crippen LogP contribution in [-0.4, -0.2) is 20.5 Å². The second-order valence-electron chi connectivity index (χ2n) is 3.70. The van der Waals surface area contributed by atoms with Crippen LogP contribution in [0.2, 0.25) is 0 Å². The molecule has 0 aromatic carbocycles. The van der Waals surface area contributed by atoms with Gasteiger partial charge in [0, 0.05) is 4.88 Å². The molecule has 2 N–H and O–H groups in total. The zero-order chi connectivity index (χ0) is 13.2. The largest absolute Gasteiger partial charge is 0.459 e. The standard InChI is InChI=1S/C10H15NO4S2/c1-4-6(2)15-10(12)8-5-9(7(3)16-8)17(11,13)14/h5-6H,4H2,1-3H3,(H2,11,13,14). The van der Waals surface area contributed by atoms with Gasteiger partial charge < -0.3 is 4.74 Å². The zero-order valence-corrected chi connectivity index (χ0v) is 11.5. The minimum atomic E-state index is -3.78. The number of carbonyl (C=O) groups is 1. The van der Waals surface area contributed by atoms with Gasteiger partial charge in [0.25, 0.3) is 0 Å². The maximum absolute atomic E-state index is 11.7. The first-order valence-electron chi connectivity index (χ1n) is 5.10. The third-order valence-electron chi connectivity index (χ3n) is 2.26. The Morgan fingerprint density at radius 3 is 2.59 bits per heavy atom. The summed E-state index contributed by atoms with van der Waals surface area (Å²) in [5.74, 6) is -0.512. The lowest BCUT2D eigenvalue weighted by Crippen LogP contribution is -2.14. The van der Waals surface area contributed by atoms with Gasteiger partial charge in [0.1, 0.15) is 4.88 Å². The molecule has 5 nitrogen and oxygen atoms in total. The van der Waals surface area contributed by atoms with Crippen molar-refractivity contribution in [3.05, 3.63) is 15.8 Å². The van der Waals surface area contributed by atoms with Crippen molar-refractivity contribution in [2.24, 2.45) is 5.14 Å². The quantitative estimate of drug-likeness (QED) is 0.848. The summed E-state index contributed by atoms with van der Waals surface area (Å²) in [6.45, 7) is 5.27. The molecule has 0 aliphatic rings. The highest BCUT2D eigenvalue weighted by molar-refractivity contribution is 7.89. The number of aryl methyl sites for hydroxylation is 1. The monoisotopic (exact) mass is 277 g/mol. The molecule has 0 fully saturated rings. The summed E-state index contributed by atoms with van der Waals surface area (Å²) in [4.78, 5) is 12.4. The van der Waals surface area contributed by atoms with Crippen molar-refractivity contribution in [2.75, 3.05) is 0 Å². The smallest absolute Gasteiger partial charge is 0.348 e. The van der Waals surface area contributed by atoms with Gasteiger partial charge in [-0.05, 0) is 26.3 Å². The van der Waals surface area contributed by atoms with E-state index in [1.165, 1.54) is 6.07 Å². The number of hydrogen-bond donors (Lipinski definition) is 1. The Hall–Kier alpha value is -0.920. The molecule has 1 aromatic heterocycles. The molecule has 0 saturated heterocycles. The normalized spacial score (nSPS) is 13.4. The molecular formula is C10H15NO4S2. The van der Waals surface area contributed by atoms with E-state index in [9.17, 15) is 13.2 Å². The van der Waals surface area contributed by atoms with Gasteiger partial charge in [0.2, 0.25) is 10.0 Å². The molecule has 1 heterocycles. The van der Waals surface area contributed by atoms with Crippen LogP contribution >= 0.6 is 11.3 Å². The average molecular weight is 277 g/mol. The molecule has 0 radical (unpaired) electrons. The Labute approximate surface area is 105 Å². The van der Waals surface area contributed by atoms with Crippen molar-refractivity contribution >= 4 is 27.3 Å². The van der Waals surface area contributed by atoms with Crippen molar-refractivity contribution in [2.45, 2.75) is 38.2 Å². The van der Waals surface area contributed by atoms with E-state index in [0.717, 1.165) is 11.3 Å². The number of primary sulfonamides is 1. The summed E-state index contributed by atoms with van der Waals surface area (Å²) < 4.78 is 27.5. The van der Waals surface area contributed by atoms with Crippen molar-refractivity contribution in [1.29, 1.82) is 0 Å². The van der Waals surface area contributed by atoms with E-state index in [0.29, 0.717) is 11.3 Å². The van der Waals surface area contributed by atoms with Crippen LogP contribution in [0.15, 0.2) is 11.0 Å². The Bertz CT molecular complexity index is 518. The minimum Gasteiger partial charge on any atom is -0.459 e. The van der Waals surface area contributed by atoms with Gasteiger partial charge in [0.15, 0.2) is 0 Å². The molecule has 0 aliphatic heterocycles. The number of ether oxygens (including phenoxy) is 1. The molecule has 17 heavy (non-hydrogen) atoms. The van der Waals surface area contributed by atoms with E-state index in [1.807, 2.05) is 6.92 Å². The van der Waals surface area contributed by atoms with E-state index in [-0.39, 0.29) is 15.9 Å². The molecule has 1 atom stereocenters. The van der Waals surface area contributed by atoms with E-state index in [4.69, 9.17) is 9.88 Å². The molecule has 1 unspecified atom stereocenters. The molecule has 7 heteroatoms. The summed E-state index contributed by atoms with van der Waals surface area (Å²) in [5.41, 5.74) is 0. The van der Waals surface area contributed by atoms with Crippen LogP contribution in [0.4, 0.5) is 0 Å². The minimum absolute atomic E-state index is 0.0152. The number of esters is 1. The lowest BCUT2D eigenvalue weighted by atomic mass is 10.3. The van der Waals surface area contributed by atoms with Gasteiger partial charge in [-0.3, -0.25) is 0 Å². The summed E-state index contributed by atoms with van der Waals surface area (Å²) in [6, 6.07) is 1.26. The second-order valence-corrected chi connectivity index (χ2v) is 6.49. The summed E-state index contributed by atoms with van der Waals surface area (Å²) in [5, 5.41) is 5.03. The topological polar surface area (TPSA) is 86.5 Å². The highest BCUT2D eigenvalue weighted by Crippen LogP contribution is 2.25. The number of sulfonamides is 1. The predicted molar refractivity (Wildman–Crippen MR) is 65.6 cm³/mol. The fourth-order valence-electron chi connectivity index (χ4n) is 1.17. The molecule has 0 saturated carbocycles. The fraction of sp³-hybridized carbons (Fsp3) is 0.500. The third kappa shape index (κ3) is 3.52. The molecular weight excluding hydrogens is 262 g/mol. The highest BCUT2D eigenvalue weighted by Gasteiger charge is 2.20. The highest BCUT2D eigenvalue weighted by atomic mass is 32.2. The molecule has 96 valence electrons. The van der Waals surface area contributed by atoms with Crippen molar-refractivity contribution in [3.63, 3.8) is 0 Å². The first-order valence-corrected chi connectivity index (χ1v) is 7.46. The van der Waals surface area contributed by atoms with Gasteiger partial charge >= 0.3 is 5.97 Å². The molecule has 1 rings (SSSR count). The third-order valence-corrected chi connectivity index (χ3v) is 4.46. The maximum Gasteiger partial charge on any atom is 0.348 e. The molecule has 0 spiro atoms. The van der Waals surface area contributed by atoms with E-state index >= 15 is 0 Å². The van der Waals surface area contributed by atoms with Crippen LogP contribution < -0.4 is 5.14 Å². The van der Waals surface area contributed by atoms with Crippen LogP contribution in [0.5, 0.6) is 0 Å². The van der Waals surface area contributed by atoms with Gasteiger partial charge in [-0.15, -0.1) is 11.3 Å². The van der Waals surface area contributed by atoms with Gasteiger partial charge in [-0.25, -0.2) is 18.4 Å². The summed E-state index contributed by atoms with van der Waals surface area (Å²) in [7, 11) is -3.78. The van der Waals surface area contributed by atoms with Gasteiger partial charge in [0.05, 0.1) is 11.0 Å². The van der Waals surface area contributed by atoms with E-state index < -0.39 is 16.0 Å². The molecule has 0 aliphatic carbocycles. The van der Waals surface area contributed by atoms with E-state index in [2.05, 4.69) is 0 Å². The maximum atomic E-state index is 11.7. The zero-order valence-electron chi connectivity index (χ0n) is 9.89. The van der Waals surface area contributed by atoms with Crippen molar-refractivity contribution in [3.8, 4) is 0 Å². The number of carbonyl (C=O) groups excluding carboxylic acids is 1. The average Bonchev–Trinajstić information content (AvgIpc) is 2.59. The molecule has 0 bridgehead atoms. The Balaban J connectivity index is 2.99.